The second-order valence-electron chi connectivity index (χ2n) is 7.49. The molecular formula is C22H20O9. The Kier molecular flexibility index (Phi) is 5.09. The van der Waals surface area contributed by atoms with Gasteiger partial charge in [0, 0.05) is 25.5 Å². The van der Waals surface area contributed by atoms with Crippen molar-refractivity contribution in [3.8, 4) is 17.2 Å². The molecule has 162 valence electrons. The van der Waals surface area contributed by atoms with Crippen LogP contribution in [0, 0.1) is 6.92 Å². The molecule has 9 heteroatoms. The van der Waals surface area contributed by atoms with Gasteiger partial charge in [-0.05, 0) is 27.7 Å². The Bertz CT molecular complexity index is 1170. The minimum absolute atomic E-state index is 0.0313. The highest BCUT2D eigenvalue weighted by Gasteiger charge is 2.56. The van der Waals surface area contributed by atoms with Gasteiger partial charge < -0.3 is 19.3 Å². The zero-order valence-corrected chi connectivity index (χ0v) is 17.8. The molecule has 0 radical (unpaired) electrons. The smallest absolute Gasteiger partial charge is 0.308 e. The summed E-state index contributed by atoms with van der Waals surface area (Å²) in [4.78, 5) is 61.5. The molecule has 1 atom stereocenters. The van der Waals surface area contributed by atoms with E-state index in [1.807, 2.05) is 0 Å². The van der Waals surface area contributed by atoms with Gasteiger partial charge >= 0.3 is 11.9 Å². The van der Waals surface area contributed by atoms with E-state index in [0.29, 0.717) is 0 Å². The Hall–Kier alpha value is -3.75. The number of aliphatic hydroxyl groups excluding tert-OH is 1. The predicted octanol–water partition coefficient (Wildman–Crippen LogP) is 2.57. The molecule has 1 heterocycles. The lowest BCUT2D eigenvalue weighted by Crippen LogP contribution is -2.39. The average molecular weight is 428 g/mol. The van der Waals surface area contributed by atoms with Crippen LogP contribution in [0.15, 0.2) is 23.2 Å². The van der Waals surface area contributed by atoms with Crippen molar-refractivity contribution in [3.05, 3.63) is 39.9 Å². The van der Waals surface area contributed by atoms with Gasteiger partial charge in [0.15, 0.2) is 23.1 Å². The third-order valence-electron chi connectivity index (χ3n) is 5.20. The quantitative estimate of drug-likeness (QED) is 0.332. The van der Waals surface area contributed by atoms with Crippen LogP contribution in [0.2, 0.25) is 0 Å². The molecule has 0 amide bonds. The zero-order chi connectivity index (χ0) is 23.4. The molecule has 31 heavy (non-hydrogen) atoms. The molecule has 9 nitrogen and oxygen atoms in total. The minimum Gasteiger partial charge on any atom is -0.507 e. The molecule has 1 aromatic rings. The van der Waals surface area contributed by atoms with E-state index in [0.717, 1.165) is 26.8 Å². The normalized spacial score (nSPS) is 19.2. The monoisotopic (exact) mass is 428 g/mol. The van der Waals surface area contributed by atoms with Crippen molar-refractivity contribution in [2.75, 3.05) is 0 Å². The van der Waals surface area contributed by atoms with Crippen LogP contribution in [0.3, 0.4) is 0 Å². The van der Waals surface area contributed by atoms with E-state index in [2.05, 4.69) is 0 Å². The van der Waals surface area contributed by atoms with Crippen molar-refractivity contribution in [1.82, 2.24) is 0 Å². The molecule has 1 aliphatic carbocycles. The number of ether oxygens (including phenoxy) is 3. The average Bonchev–Trinajstić information content (AvgIpc) is 2.90. The molecule has 0 aromatic heterocycles. The molecule has 0 saturated carbocycles. The number of rotatable bonds is 4. The largest absolute Gasteiger partial charge is 0.507 e. The van der Waals surface area contributed by atoms with Crippen LogP contribution in [0.25, 0.3) is 0 Å². The Morgan fingerprint density at radius 3 is 2.00 bits per heavy atom. The van der Waals surface area contributed by atoms with Crippen molar-refractivity contribution in [2.24, 2.45) is 0 Å². The van der Waals surface area contributed by atoms with Gasteiger partial charge in [-0.1, -0.05) is 0 Å². The lowest BCUT2D eigenvalue weighted by Gasteiger charge is -2.28. The Morgan fingerprint density at radius 2 is 1.52 bits per heavy atom. The maximum absolute atomic E-state index is 13.4. The van der Waals surface area contributed by atoms with Gasteiger partial charge in [0.25, 0.3) is 0 Å². The van der Waals surface area contributed by atoms with Crippen molar-refractivity contribution in [1.29, 1.82) is 0 Å². The van der Waals surface area contributed by atoms with Gasteiger partial charge in [0.2, 0.25) is 0 Å². The van der Waals surface area contributed by atoms with E-state index in [-0.39, 0.29) is 39.7 Å². The second kappa shape index (κ2) is 7.19. The lowest BCUT2D eigenvalue weighted by molar-refractivity contribution is -0.132. The van der Waals surface area contributed by atoms with Gasteiger partial charge in [0.1, 0.15) is 39.6 Å². The van der Waals surface area contributed by atoms with Gasteiger partial charge in [0.05, 0.1) is 5.56 Å². The molecular weight excluding hydrogens is 408 g/mol. The fourth-order valence-corrected chi connectivity index (χ4v) is 3.87. The van der Waals surface area contributed by atoms with Gasteiger partial charge in [-0.15, -0.1) is 0 Å². The summed E-state index contributed by atoms with van der Waals surface area (Å²) in [6.07, 6.45) is 1.11. The van der Waals surface area contributed by atoms with Crippen LogP contribution < -0.4 is 14.2 Å². The number of esters is 2. The Balaban J connectivity index is 2.47. The molecule has 2 aliphatic rings. The first-order valence-corrected chi connectivity index (χ1v) is 9.30. The first-order valence-electron chi connectivity index (χ1n) is 9.30. The topological polar surface area (TPSA) is 133 Å². The second-order valence-corrected chi connectivity index (χ2v) is 7.49. The van der Waals surface area contributed by atoms with Crippen LogP contribution in [0.5, 0.6) is 17.2 Å². The Labute approximate surface area is 177 Å². The van der Waals surface area contributed by atoms with E-state index in [1.165, 1.54) is 20.8 Å². The van der Waals surface area contributed by atoms with E-state index >= 15 is 0 Å². The lowest BCUT2D eigenvalue weighted by atomic mass is 9.70. The number of Topliss-reactive ketones (excluding diaryl/α,β-unsaturated/α-hetero) is 3. The Morgan fingerprint density at radius 1 is 0.968 bits per heavy atom. The number of carbonyl (C=O) groups is 5. The number of carbonyl (C=O) groups excluding carboxylic acids is 5. The van der Waals surface area contributed by atoms with E-state index < -0.39 is 46.0 Å². The first-order chi connectivity index (χ1) is 14.3. The molecule has 1 aromatic carbocycles. The SMILES string of the molecule is CC(=O)Oc1c(C)c(OC(C)=O)c2c(c1C(C)=O)OC1=CC(O)=C(C(C)=O)C(=O)[C@@]12C. The van der Waals surface area contributed by atoms with Crippen molar-refractivity contribution in [2.45, 2.75) is 47.0 Å². The number of ketones is 3. The summed E-state index contributed by atoms with van der Waals surface area (Å²) in [5, 5.41) is 10.2. The van der Waals surface area contributed by atoms with Crippen LogP contribution in [-0.4, -0.2) is 34.4 Å². The number of fused-ring (bicyclic) bond motifs is 3. The number of hydrogen-bond acceptors (Lipinski definition) is 9. The van der Waals surface area contributed by atoms with E-state index in [4.69, 9.17) is 14.2 Å². The zero-order valence-electron chi connectivity index (χ0n) is 17.8. The number of aliphatic hydroxyl groups is 1. The molecule has 1 N–H and O–H groups in total. The van der Waals surface area contributed by atoms with Crippen molar-refractivity contribution in [3.63, 3.8) is 0 Å². The predicted molar refractivity (Wildman–Crippen MR) is 105 cm³/mol. The summed E-state index contributed by atoms with van der Waals surface area (Å²) in [6, 6.07) is 0. The van der Waals surface area contributed by atoms with E-state index in [1.54, 1.807) is 0 Å². The first kappa shape index (κ1) is 21.9. The minimum atomic E-state index is -1.67. The summed E-state index contributed by atoms with van der Waals surface area (Å²) in [5.41, 5.74) is -2.09. The summed E-state index contributed by atoms with van der Waals surface area (Å²) in [5.74, 6) is -4.54. The summed E-state index contributed by atoms with van der Waals surface area (Å²) >= 11 is 0. The molecule has 0 fully saturated rings. The highest BCUT2D eigenvalue weighted by Crippen LogP contribution is 2.58. The number of hydrogen-bond donors (Lipinski definition) is 1. The molecule has 0 bridgehead atoms. The molecule has 3 rings (SSSR count). The molecule has 0 spiro atoms. The third kappa shape index (κ3) is 3.13. The molecule has 1 aliphatic heterocycles. The van der Waals surface area contributed by atoms with Gasteiger partial charge in [-0.2, -0.15) is 0 Å². The number of benzene rings is 1. The van der Waals surface area contributed by atoms with Gasteiger partial charge in [-0.3, -0.25) is 24.0 Å². The molecule has 0 unspecified atom stereocenters. The highest BCUT2D eigenvalue weighted by molar-refractivity contribution is 6.26. The van der Waals surface area contributed by atoms with Crippen LogP contribution in [0.1, 0.15) is 56.1 Å². The fourth-order valence-electron chi connectivity index (χ4n) is 3.87. The summed E-state index contributed by atoms with van der Waals surface area (Å²) < 4.78 is 16.4. The summed E-state index contributed by atoms with van der Waals surface area (Å²) in [6.45, 7) is 7.52. The number of allylic oxidation sites excluding steroid dienone is 3. The van der Waals surface area contributed by atoms with Gasteiger partial charge in [-0.25, -0.2) is 0 Å². The summed E-state index contributed by atoms with van der Waals surface area (Å²) in [7, 11) is 0. The highest BCUT2D eigenvalue weighted by atomic mass is 16.6. The maximum Gasteiger partial charge on any atom is 0.308 e. The maximum atomic E-state index is 13.4. The van der Waals surface area contributed by atoms with E-state index in [9.17, 15) is 29.1 Å². The van der Waals surface area contributed by atoms with Crippen molar-refractivity contribution >= 4 is 29.3 Å². The van der Waals surface area contributed by atoms with Crippen LogP contribution in [0.4, 0.5) is 0 Å². The van der Waals surface area contributed by atoms with Crippen LogP contribution >= 0.6 is 0 Å². The molecule has 0 saturated heterocycles. The third-order valence-corrected chi connectivity index (χ3v) is 5.20. The van der Waals surface area contributed by atoms with Crippen molar-refractivity contribution < 1.29 is 43.3 Å². The van der Waals surface area contributed by atoms with Crippen LogP contribution in [-0.2, 0) is 24.6 Å². The fraction of sp³-hybridized carbons (Fsp3) is 0.318. The standard InChI is InChI=1S/C22H20O9/c1-8-18(29-11(4)25)16(10(3)24)20-17(19(8)30-12(5)26)22(6)14(31-20)7-13(27)15(9(2)23)21(22)28/h7,27H,1-6H3/t22-/m0/s1.